The zero-order valence-corrected chi connectivity index (χ0v) is 26.9. The van der Waals surface area contributed by atoms with Crippen LogP contribution in [0.15, 0.2) is 72.8 Å². The van der Waals surface area contributed by atoms with E-state index in [0.717, 1.165) is 43.9 Å². The highest BCUT2D eigenvalue weighted by molar-refractivity contribution is 7.92. The molecule has 0 bridgehead atoms. The van der Waals surface area contributed by atoms with Gasteiger partial charge in [0.2, 0.25) is 21.8 Å². The zero-order valence-electron chi connectivity index (χ0n) is 25.3. The van der Waals surface area contributed by atoms with Crippen molar-refractivity contribution in [1.82, 2.24) is 10.2 Å². The van der Waals surface area contributed by atoms with Gasteiger partial charge in [0, 0.05) is 42.6 Å². The fourth-order valence-corrected chi connectivity index (χ4v) is 6.94. The van der Waals surface area contributed by atoms with Crippen LogP contribution in [0.25, 0.3) is 0 Å². The van der Waals surface area contributed by atoms with E-state index in [9.17, 15) is 22.4 Å². The second-order valence-corrected chi connectivity index (χ2v) is 13.8. The lowest BCUT2D eigenvalue weighted by Gasteiger charge is -2.34. The average molecular weight is 642 g/mol. The van der Waals surface area contributed by atoms with Crippen molar-refractivity contribution in [3.05, 3.63) is 100 Å². The maximum absolute atomic E-state index is 14.9. The topological polar surface area (TPSA) is 86.8 Å². The summed E-state index contributed by atoms with van der Waals surface area (Å²) in [6.07, 6.45) is 6.50. The Labute approximate surface area is 265 Å². The van der Waals surface area contributed by atoms with E-state index < -0.39 is 21.9 Å². The highest BCUT2D eigenvalue weighted by Crippen LogP contribution is 2.29. The first-order valence-electron chi connectivity index (χ1n) is 15.1. The van der Waals surface area contributed by atoms with Gasteiger partial charge in [0.1, 0.15) is 11.9 Å². The molecule has 0 aromatic heterocycles. The quantitative estimate of drug-likeness (QED) is 0.233. The number of rotatable bonds is 13. The smallest absolute Gasteiger partial charge is 0.243 e. The van der Waals surface area contributed by atoms with Gasteiger partial charge in [0.15, 0.2) is 0 Å². The van der Waals surface area contributed by atoms with Crippen LogP contribution in [-0.2, 0) is 32.6 Å². The Morgan fingerprint density at radius 1 is 0.977 bits per heavy atom. The molecule has 7 nitrogen and oxygen atoms in total. The van der Waals surface area contributed by atoms with Gasteiger partial charge in [0.25, 0.3) is 0 Å². The Morgan fingerprint density at radius 2 is 1.66 bits per heavy atom. The van der Waals surface area contributed by atoms with Crippen LogP contribution in [0.1, 0.15) is 61.6 Å². The normalized spacial score (nSPS) is 14.5. The first kappa shape index (κ1) is 33.5. The molecular formula is C34H41ClFN3O4S. The molecule has 44 heavy (non-hydrogen) atoms. The van der Waals surface area contributed by atoms with Gasteiger partial charge < -0.3 is 10.2 Å². The van der Waals surface area contributed by atoms with Gasteiger partial charge in [-0.1, -0.05) is 85.5 Å². The third-order valence-corrected chi connectivity index (χ3v) is 9.77. The third kappa shape index (κ3) is 9.05. The molecule has 236 valence electrons. The van der Waals surface area contributed by atoms with Gasteiger partial charge >= 0.3 is 0 Å². The first-order chi connectivity index (χ1) is 21.0. The molecule has 1 N–H and O–H groups in total. The predicted octanol–water partition coefficient (Wildman–Crippen LogP) is 6.42. The minimum absolute atomic E-state index is 0.0317. The van der Waals surface area contributed by atoms with Crippen LogP contribution in [-0.4, -0.2) is 50.0 Å². The number of amides is 2. The Morgan fingerprint density at radius 3 is 2.34 bits per heavy atom. The van der Waals surface area contributed by atoms with E-state index >= 15 is 0 Å². The molecule has 4 rings (SSSR count). The second-order valence-electron chi connectivity index (χ2n) is 11.5. The maximum Gasteiger partial charge on any atom is 0.243 e. The first-order valence-corrected chi connectivity index (χ1v) is 17.4. The van der Waals surface area contributed by atoms with Crippen LogP contribution in [0, 0.1) is 12.7 Å². The number of carbonyl (C=O) groups excluding carboxylic acids is 2. The average Bonchev–Trinajstić information content (AvgIpc) is 3.00. The molecule has 0 unspecified atom stereocenters. The minimum Gasteiger partial charge on any atom is -0.352 e. The molecule has 0 aliphatic heterocycles. The van der Waals surface area contributed by atoms with E-state index in [-0.39, 0.29) is 50.2 Å². The van der Waals surface area contributed by atoms with Gasteiger partial charge in [-0.05, 0) is 55.5 Å². The molecule has 1 fully saturated rings. The summed E-state index contributed by atoms with van der Waals surface area (Å²) in [5, 5.41) is 3.62. The Bertz CT molecular complexity index is 1530. The molecule has 0 radical (unpaired) electrons. The standard InChI is InChI=1S/C34H41ClFN3O4S/c1-25-29(35)18-11-20-31(25)39(44(2,42)43)22-12-21-33(40)38(24-27-15-9-10-19-30(27)36)32(23-26-13-5-3-6-14-26)34(41)37-28-16-7-4-8-17-28/h3,5-6,9-11,13-15,18-20,28,32H,4,7-8,12,16-17,21-24H2,1-2H3,(H,37,41)/t32-/m1/s1. The van der Waals surface area contributed by atoms with E-state index in [0.29, 0.717) is 21.8 Å². The van der Waals surface area contributed by atoms with Crippen molar-refractivity contribution in [3.63, 3.8) is 0 Å². The van der Waals surface area contributed by atoms with Crippen LogP contribution in [0.5, 0.6) is 0 Å². The number of halogens is 2. The lowest BCUT2D eigenvalue weighted by molar-refractivity contribution is -0.141. The number of hydrogen-bond acceptors (Lipinski definition) is 4. The fraction of sp³-hybridized carbons (Fsp3) is 0.412. The summed E-state index contributed by atoms with van der Waals surface area (Å²) >= 11 is 6.27. The minimum atomic E-state index is -3.68. The Hall–Kier alpha value is -3.43. The molecule has 1 atom stereocenters. The molecule has 0 saturated heterocycles. The molecule has 0 spiro atoms. The molecule has 3 aromatic carbocycles. The molecular weight excluding hydrogens is 601 g/mol. The lowest BCUT2D eigenvalue weighted by Crippen LogP contribution is -2.53. The largest absolute Gasteiger partial charge is 0.352 e. The predicted molar refractivity (Wildman–Crippen MR) is 174 cm³/mol. The summed E-state index contributed by atoms with van der Waals surface area (Å²) in [4.78, 5) is 29.4. The summed E-state index contributed by atoms with van der Waals surface area (Å²) < 4.78 is 41.7. The zero-order chi connectivity index (χ0) is 31.7. The van der Waals surface area contributed by atoms with Crippen molar-refractivity contribution in [2.24, 2.45) is 0 Å². The molecule has 0 heterocycles. The Kier molecular flexibility index (Phi) is 11.8. The molecule has 1 aliphatic carbocycles. The molecule has 1 aliphatic rings. The summed E-state index contributed by atoms with van der Waals surface area (Å²) in [6.45, 7) is 1.69. The third-order valence-electron chi connectivity index (χ3n) is 8.18. The monoisotopic (exact) mass is 641 g/mol. The summed E-state index contributed by atoms with van der Waals surface area (Å²) in [7, 11) is -3.68. The number of nitrogens with zero attached hydrogens (tertiary/aromatic N) is 2. The van der Waals surface area contributed by atoms with E-state index in [4.69, 9.17) is 11.6 Å². The van der Waals surface area contributed by atoms with Crippen LogP contribution < -0.4 is 9.62 Å². The van der Waals surface area contributed by atoms with Gasteiger partial charge in [-0.25, -0.2) is 12.8 Å². The van der Waals surface area contributed by atoms with Crippen molar-refractivity contribution >= 4 is 39.1 Å². The highest BCUT2D eigenvalue weighted by Gasteiger charge is 2.32. The summed E-state index contributed by atoms with van der Waals surface area (Å²) in [5.41, 5.74) is 2.25. The van der Waals surface area contributed by atoms with Gasteiger partial charge in [0.05, 0.1) is 11.9 Å². The van der Waals surface area contributed by atoms with Crippen molar-refractivity contribution in [3.8, 4) is 0 Å². The second kappa shape index (κ2) is 15.5. The maximum atomic E-state index is 14.9. The SMILES string of the molecule is Cc1c(Cl)cccc1N(CCCC(=O)N(Cc1ccccc1F)[C@H](Cc1ccccc1)C(=O)NC1CCCCC1)S(C)(=O)=O. The number of carbonyl (C=O) groups is 2. The van der Waals surface area contributed by atoms with E-state index in [1.54, 1.807) is 43.3 Å². The van der Waals surface area contributed by atoms with E-state index in [1.165, 1.54) is 15.3 Å². The van der Waals surface area contributed by atoms with Crippen molar-refractivity contribution in [2.45, 2.75) is 76.9 Å². The van der Waals surface area contributed by atoms with Crippen molar-refractivity contribution in [1.29, 1.82) is 0 Å². The number of nitrogens with one attached hydrogen (secondary N) is 1. The van der Waals surface area contributed by atoms with Gasteiger partial charge in [-0.3, -0.25) is 13.9 Å². The Balaban J connectivity index is 1.61. The summed E-state index contributed by atoms with van der Waals surface area (Å²) in [5.74, 6) is -1.09. The van der Waals surface area contributed by atoms with Crippen LogP contribution in [0.2, 0.25) is 5.02 Å². The van der Waals surface area contributed by atoms with Crippen LogP contribution in [0.3, 0.4) is 0 Å². The number of sulfonamides is 1. The number of benzene rings is 3. The number of hydrogen-bond donors (Lipinski definition) is 1. The van der Waals surface area contributed by atoms with Crippen molar-refractivity contribution < 1.29 is 22.4 Å². The molecule has 10 heteroatoms. The molecule has 3 aromatic rings. The van der Waals surface area contributed by atoms with E-state index in [2.05, 4.69) is 5.32 Å². The molecule has 2 amide bonds. The summed E-state index contributed by atoms with van der Waals surface area (Å²) in [6, 6.07) is 19.9. The van der Waals surface area contributed by atoms with Crippen LogP contribution in [0.4, 0.5) is 10.1 Å². The lowest BCUT2D eigenvalue weighted by atomic mass is 9.94. The van der Waals surface area contributed by atoms with Gasteiger partial charge in [-0.2, -0.15) is 0 Å². The fourth-order valence-electron chi connectivity index (χ4n) is 5.76. The van der Waals surface area contributed by atoms with E-state index in [1.807, 2.05) is 30.3 Å². The van der Waals surface area contributed by atoms with Crippen LogP contribution >= 0.6 is 11.6 Å². The highest BCUT2D eigenvalue weighted by atomic mass is 35.5. The van der Waals surface area contributed by atoms with Gasteiger partial charge in [-0.15, -0.1) is 0 Å². The number of anilines is 1. The van der Waals surface area contributed by atoms with Crippen molar-refractivity contribution in [2.75, 3.05) is 17.1 Å². The molecule has 1 saturated carbocycles.